The Kier molecular flexibility index (Phi) is 6.34. The van der Waals surface area contributed by atoms with Crippen LogP contribution in [0.1, 0.15) is 46.0 Å². The molecule has 1 aromatic heterocycles. The Balaban J connectivity index is 2.00. The van der Waals surface area contributed by atoms with E-state index in [-0.39, 0.29) is 12.0 Å². The molecule has 1 aliphatic carbocycles. The summed E-state index contributed by atoms with van der Waals surface area (Å²) in [5, 5.41) is 7.79. The van der Waals surface area contributed by atoms with Gasteiger partial charge in [0.2, 0.25) is 0 Å². The van der Waals surface area contributed by atoms with Gasteiger partial charge in [-0.05, 0) is 31.6 Å². The number of nitrogens with zero attached hydrogens (tertiary/aromatic N) is 4. The highest BCUT2D eigenvalue weighted by Gasteiger charge is 2.33. The van der Waals surface area contributed by atoms with Crippen LogP contribution in [0.25, 0.3) is 0 Å². The average molecular weight is 329 g/mol. The molecule has 126 valence electrons. The Morgan fingerprint density at radius 1 is 1.27 bits per heavy atom. The standard InChI is InChI=1S/C14H27N5O2S/c1-3-9-19(10-4-2)22(20,21)16-14-7-5-6-13(14)12-18-11-8-15-17-18/h8,11,13-14,16H,3-7,9-10,12H2,1-2H3/t13-,14-/m1/s1. The quantitative estimate of drug-likeness (QED) is 0.743. The maximum atomic E-state index is 12.6. The van der Waals surface area contributed by atoms with Crippen molar-refractivity contribution < 1.29 is 8.42 Å². The number of hydrogen-bond donors (Lipinski definition) is 1. The van der Waals surface area contributed by atoms with Crippen LogP contribution in [-0.4, -0.2) is 46.8 Å². The molecule has 22 heavy (non-hydrogen) atoms. The highest BCUT2D eigenvalue weighted by molar-refractivity contribution is 7.87. The molecular weight excluding hydrogens is 302 g/mol. The molecule has 1 aliphatic rings. The summed E-state index contributed by atoms with van der Waals surface area (Å²) in [7, 11) is -3.40. The van der Waals surface area contributed by atoms with Gasteiger partial charge in [-0.2, -0.15) is 17.4 Å². The molecule has 0 amide bonds. The monoisotopic (exact) mass is 329 g/mol. The van der Waals surface area contributed by atoms with E-state index in [0.29, 0.717) is 13.1 Å². The van der Waals surface area contributed by atoms with Crippen LogP contribution in [-0.2, 0) is 16.8 Å². The van der Waals surface area contributed by atoms with Crippen molar-refractivity contribution in [2.24, 2.45) is 5.92 Å². The van der Waals surface area contributed by atoms with Gasteiger partial charge < -0.3 is 0 Å². The third kappa shape index (κ3) is 4.50. The minimum Gasteiger partial charge on any atom is -0.252 e. The van der Waals surface area contributed by atoms with Crippen molar-refractivity contribution in [2.75, 3.05) is 13.1 Å². The van der Waals surface area contributed by atoms with E-state index in [1.165, 1.54) is 0 Å². The van der Waals surface area contributed by atoms with E-state index in [9.17, 15) is 8.42 Å². The smallest absolute Gasteiger partial charge is 0.252 e. The van der Waals surface area contributed by atoms with Crippen molar-refractivity contribution in [1.82, 2.24) is 24.0 Å². The molecular formula is C14H27N5O2S. The summed E-state index contributed by atoms with van der Waals surface area (Å²) in [5.41, 5.74) is 0. The predicted octanol–water partition coefficient (Wildman–Crippen LogP) is 1.40. The summed E-state index contributed by atoms with van der Waals surface area (Å²) in [6, 6.07) is -0.00888. The SMILES string of the molecule is CCCN(CCC)S(=O)(=O)N[C@@H]1CCC[C@@H]1Cn1ccnn1. The van der Waals surface area contributed by atoms with Crippen molar-refractivity contribution in [3.63, 3.8) is 0 Å². The zero-order valence-electron chi connectivity index (χ0n) is 13.5. The molecule has 2 atom stereocenters. The Hall–Kier alpha value is -0.990. The second-order valence-electron chi connectivity index (χ2n) is 5.94. The fraction of sp³-hybridized carbons (Fsp3) is 0.857. The molecule has 0 aliphatic heterocycles. The van der Waals surface area contributed by atoms with Crippen LogP contribution in [0.2, 0.25) is 0 Å². The van der Waals surface area contributed by atoms with E-state index in [0.717, 1.165) is 38.6 Å². The van der Waals surface area contributed by atoms with Crippen LogP contribution in [0.4, 0.5) is 0 Å². The van der Waals surface area contributed by atoms with Crippen molar-refractivity contribution >= 4 is 10.2 Å². The molecule has 0 radical (unpaired) electrons. The zero-order chi connectivity index (χ0) is 16.0. The van der Waals surface area contributed by atoms with Gasteiger partial charge in [-0.25, -0.2) is 0 Å². The van der Waals surface area contributed by atoms with E-state index in [1.54, 1.807) is 15.2 Å². The number of hydrogen-bond acceptors (Lipinski definition) is 4. The topological polar surface area (TPSA) is 80.1 Å². The van der Waals surface area contributed by atoms with Crippen LogP contribution in [0.3, 0.4) is 0 Å². The highest BCUT2D eigenvalue weighted by atomic mass is 32.2. The Morgan fingerprint density at radius 2 is 2.00 bits per heavy atom. The third-order valence-electron chi connectivity index (χ3n) is 4.14. The van der Waals surface area contributed by atoms with Crippen molar-refractivity contribution in [1.29, 1.82) is 0 Å². The van der Waals surface area contributed by atoms with Crippen molar-refractivity contribution in [2.45, 2.75) is 58.5 Å². The summed E-state index contributed by atoms with van der Waals surface area (Å²) >= 11 is 0. The fourth-order valence-electron chi connectivity index (χ4n) is 3.10. The Labute approximate surface area is 133 Å². The van der Waals surface area contributed by atoms with Gasteiger partial charge in [-0.1, -0.05) is 25.5 Å². The number of aromatic nitrogens is 3. The van der Waals surface area contributed by atoms with Gasteiger partial charge in [0.1, 0.15) is 0 Å². The van der Waals surface area contributed by atoms with E-state index in [2.05, 4.69) is 15.0 Å². The van der Waals surface area contributed by atoms with Crippen molar-refractivity contribution in [3.8, 4) is 0 Å². The lowest BCUT2D eigenvalue weighted by atomic mass is 10.1. The second kappa shape index (κ2) is 8.03. The molecule has 0 saturated heterocycles. The largest absolute Gasteiger partial charge is 0.279 e. The van der Waals surface area contributed by atoms with Gasteiger partial charge in [-0.3, -0.25) is 4.68 Å². The number of nitrogens with one attached hydrogen (secondary N) is 1. The van der Waals surface area contributed by atoms with Crippen LogP contribution >= 0.6 is 0 Å². The van der Waals surface area contributed by atoms with Gasteiger partial charge in [0.15, 0.2) is 0 Å². The summed E-state index contributed by atoms with van der Waals surface area (Å²) in [6.07, 6.45) is 8.10. The molecule has 1 N–H and O–H groups in total. The van der Waals surface area contributed by atoms with Gasteiger partial charge in [0, 0.05) is 31.9 Å². The van der Waals surface area contributed by atoms with Gasteiger partial charge >= 0.3 is 0 Å². The van der Waals surface area contributed by atoms with Crippen molar-refractivity contribution in [3.05, 3.63) is 12.4 Å². The van der Waals surface area contributed by atoms with E-state index < -0.39 is 10.2 Å². The van der Waals surface area contributed by atoms with Crippen LogP contribution < -0.4 is 4.72 Å². The van der Waals surface area contributed by atoms with Gasteiger partial charge in [0.25, 0.3) is 10.2 Å². The second-order valence-corrected chi connectivity index (χ2v) is 7.65. The first-order chi connectivity index (χ1) is 10.6. The molecule has 1 fully saturated rings. The summed E-state index contributed by atoms with van der Waals surface area (Å²) < 4.78 is 31.5. The first-order valence-electron chi connectivity index (χ1n) is 8.18. The summed E-state index contributed by atoms with van der Waals surface area (Å²) in [5.74, 6) is 0.279. The normalized spacial score (nSPS) is 22.5. The number of rotatable bonds is 9. The minimum absolute atomic E-state index is 0.00888. The first-order valence-corrected chi connectivity index (χ1v) is 9.62. The average Bonchev–Trinajstić information content (AvgIpc) is 3.12. The summed E-state index contributed by atoms with van der Waals surface area (Å²) in [6.45, 7) is 5.87. The van der Waals surface area contributed by atoms with E-state index in [1.807, 2.05) is 20.0 Å². The highest BCUT2D eigenvalue weighted by Crippen LogP contribution is 2.27. The van der Waals surface area contributed by atoms with Gasteiger partial charge in [-0.15, -0.1) is 5.10 Å². The molecule has 0 bridgehead atoms. The van der Waals surface area contributed by atoms with Gasteiger partial charge in [0.05, 0.1) is 6.20 Å². The molecule has 0 unspecified atom stereocenters. The molecule has 1 heterocycles. The molecule has 2 rings (SSSR count). The zero-order valence-corrected chi connectivity index (χ0v) is 14.3. The lowest BCUT2D eigenvalue weighted by Gasteiger charge is -2.26. The molecule has 7 nitrogen and oxygen atoms in total. The lowest BCUT2D eigenvalue weighted by molar-refractivity contribution is 0.349. The minimum atomic E-state index is -3.40. The molecule has 8 heteroatoms. The lowest BCUT2D eigenvalue weighted by Crippen LogP contribution is -2.47. The Morgan fingerprint density at radius 3 is 2.59 bits per heavy atom. The fourth-order valence-corrected chi connectivity index (χ4v) is 4.79. The molecule has 1 saturated carbocycles. The van der Waals surface area contributed by atoms with Crippen LogP contribution in [0, 0.1) is 5.92 Å². The van der Waals surface area contributed by atoms with Crippen LogP contribution in [0.5, 0.6) is 0 Å². The predicted molar refractivity (Wildman–Crippen MR) is 85.4 cm³/mol. The molecule has 1 aromatic rings. The maximum Gasteiger partial charge on any atom is 0.279 e. The Bertz CT molecular complexity index is 525. The summed E-state index contributed by atoms with van der Waals surface area (Å²) in [4.78, 5) is 0. The van der Waals surface area contributed by atoms with E-state index >= 15 is 0 Å². The molecule has 0 spiro atoms. The third-order valence-corrected chi connectivity index (χ3v) is 5.78. The first kappa shape index (κ1) is 17.4. The van der Waals surface area contributed by atoms with Crippen LogP contribution in [0.15, 0.2) is 12.4 Å². The maximum absolute atomic E-state index is 12.6. The molecule has 0 aromatic carbocycles. The van der Waals surface area contributed by atoms with E-state index in [4.69, 9.17) is 0 Å².